The predicted octanol–water partition coefficient (Wildman–Crippen LogP) is 1.77. The second-order valence-corrected chi connectivity index (χ2v) is 6.89. The van der Waals surface area contributed by atoms with Crippen LogP contribution in [-0.2, 0) is 6.42 Å². The molecule has 1 aliphatic rings. The number of nitrogens with zero attached hydrogens (tertiary/aromatic N) is 4. The highest BCUT2D eigenvalue weighted by Crippen LogP contribution is 2.30. The van der Waals surface area contributed by atoms with Gasteiger partial charge in [0, 0.05) is 56.0 Å². The van der Waals surface area contributed by atoms with Gasteiger partial charge in [-0.05, 0) is 20.3 Å². The summed E-state index contributed by atoms with van der Waals surface area (Å²) in [6.45, 7) is 7.08. The zero-order valence-electron chi connectivity index (χ0n) is 17.6. The summed E-state index contributed by atoms with van der Waals surface area (Å²) in [6, 6.07) is 6.26. The van der Waals surface area contributed by atoms with E-state index in [2.05, 4.69) is 37.6 Å². The molecule has 0 radical (unpaired) electrons. The van der Waals surface area contributed by atoms with Gasteiger partial charge in [-0.2, -0.15) is 4.98 Å². The van der Waals surface area contributed by atoms with Crippen molar-refractivity contribution in [2.45, 2.75) is 32.7 Å². The van der Waals surface area contributed by atoms with Gasteiger partial charge in [0.05, 0.1) is 20.8 Å². The molecule has 0 bridgehead atoms. The van der Waals surface area contributed by atoms with Crippen LogP contribution in [0.25, 0.3) is 0 Å². The highest BCUT2D eigenvalue weighted by molar-refractivity contribution is 5.80. The first-order valence-electron chi connectivity index (χ1n) is 9.93. The topological polar surface area (TPSA) is 97.0 Å². The lowest BCUT2D eigenvalue weighted by Gasteiger charge is -2.21. The molecule has 1 atom stereocenters. The van der Waals surface area contributed by atoms with Gasteiger partial charge in [0.15, 0.2) is 11.8 Å². The van der Waals surface area contributed by atoms with Crippen LogP contribution in [0.4, 0.5) is 5.69 Å². The van der Waals surface area contributed by atoms with E-state index in [9.17, 15) is 0 Å². The molecular weight excluding hydrogens is 372 g/mol. The van der Waals surface area contributed by atoms with Crippen molar-refractivity contribution in [1.82, 2.24) is 20.8 Å². The van der Waals surface area contributed by atoms with Crippen molar-refractivity contribution in [2.75, 3.05) is 45.3 Å². The minimum Gasteiger partial charge on any atom is -0.497 e. The van der Waals surface area contributed by atoms with Gasteiger partial charge in [0.2, 0.25) is 5.89 Å². The van der Waals surface area contributed by atoms with Gasteiger partial charge in [-0.15, -0.1) is 0 Å². The zero-order valence-corrected chi connectivity index (χ0v) is 17.6. The summed E-state index contributed by atoms with van der Waals surface area (Å²) in [5.74, 6) is 3.65. The van der Waals surface area contributed by atoms with Gasteiger partial charge in [0.1, 0.15) is 11.5 Å². The van der Waals surface area contributed by atoms with Crippen LogP contribution in [0.2, 0.25) is 0 Å². The molecule has 29 heavy (non-hydrogen) atoms. The molecule has 0 aliphatic carbocycles. The number of rotatable bonds is 8. The largest absolute Gasteiger partial charge is 0.497 e. The Morgan fingerprint density at radius 2 is 2.03 bits per heavy atom. The van der Waals surface area contributed by atoms with Gasteiger partial charge >= 0.3 is 0 Å². The normalized spacial score (nSPS) is 16.8. The van der Waals surface area contributed by atoms with E-state index in [0.717, 1.165) is 49.2 Å². The minimum absolute atomic E-state index is 0.302. The first-order chi connectivity index (χ1) is 14.1. The molecule has 1 aromatic carbocycles. The van der Waals surface area contributed by atoms with Crippen LogP contribution in [0, 0.1) is 6.92 Å². The average molecular weight is 402 g/mol. The number of ether oxygens (including phenoxy) is 2. The van der Waals surface area contributed by atoms with Gasteiger partial charge in [-0.3, -0.25) is 4.99 Å². The first kappa shape index (κ1) is 20.8. The third kappa shape index (κ3) is 5.75. The maximum Gasteiger partial charge on any atom is 0.228 e. The van der Waals surface area contributed by atoms with E-state index in [4.69, 9.17) is 14.0 Å². The molecule has 0 amide bonds. The number of nitrogens with one attached hydrogen (secondary N) is 2. The van der Waals surface area contributed by atoms with E-state index >= 15 is 0 Å². The Labute approximate surface area is 171 Å². The van der Waals surface area contributed by atoms with E-state index in [1.807, 2.05) is 25.1 Å². The third-order valence-electron chi connectivity index (χ3n) is 4.74. The molecule has 9 nitrogen and oxygen atoms in total. The average Bonchev–Trinajstić information content (AvgIpc) is 3.36. The minimum atomic E-state index is 0.302. The van der Waals surface area contributed by atoms with Gasteiger partial charge < -0.3 is 29.5 Å². The zero-order chi connectivity index (χ0) is 20.6. The molecule has 1 fully saturated rings. The maximum atomic E-state index is 5.39. The summed E-state index contributed by atoms with van der Waals surface area (Å²) in [7, 11) is 3.34. The lowest BCUT2D eigenvalue weighted by Crippen LogP contribution is -2.44. The van der Waals surface area contributed by atoms with E-state index in [1.165, 1.54) is 0 Å². The molecule has 1 saturated heterocycles. The molecule has 3 rings (SSSR count). The Kier molecular flexibility index (Phi) is 7.15. The molecule has 1 unspecified atom stereocenters. The summed E-state index contributed by atoms with van der Waals surface area (Å²) in [4.78, 5) is 11.2. The number of aryl methyl sites for hydroxylation is 1. The fraction of sp³-hybridized carbons (Fsp3) is 0.550. The van der Waals surface area contributed by atoms with Crippen molar-refractivity contribution in [2.24, 2.45) is 4.99 Å². The monoisotopic (exact) mass is 402 g/mol. The Bertz CT molecular complexity index is 800. The molecule has 9 heteroatoms. The molecule has 0 spiro atoms. The third-order valence-corrected chi connectivity index (χ3v) is 4.74. The Balaban J connectivity index is 1.58. The number of benzene rings is 1. The maximum absolute atomic E-state index is 5.39. The summed E-state index contributed by atoms with van der Waals surface area (Å²) in [5.41, 5.74) is 1.10. The van der Waals surface area contributed by atoms with E-state index < -0.39 is 0 Å². The predicted molar refractivity (Wildman–Crippen MR) is 112 cm³/mol. The summed E-state index contributed by atoms with van der Waals surface area (Å²) in [6.07, 6.45) is 1.64. The van der Waals surface area contributed by atoms with Crippen molar-refractivity contribution in [3.63, 3.8) is 0 Å². The molecular formula is C20H30N6O3. The number of methoxy groups -OCH3 is 2. The summed E-state index contributed by atoms with van der Waals surface area (Å²) in [5, 5.41) is 10.6. The number of anilines is 1. The smallest absolute Gasteiger partial charge is 0.228 e. The van der Waals surface area contributed by atoms with E-state index in [1.54, 1.807) is 14.2 Å². The fourth-order valence-corrected chi connectivity index (χ4v) is 3.31. The van der Waals surface area contributed by atoms with Gasteiger partial charge in [-0.25, -0.2) is 0 Å². The number of aromatic nitrogens is 2. The number of hydrogen-bond acceptors (Lipinski definition) is 7. The van der Waals surface area contributed by atoms with Crippen molar-refractivity contribution in [3.05, 3.63) is 29.9 Å². The number of hydrogen-bond donors (Lipinski definition) is 2. The molecule has 0 saturated carbocycles. The summed E-state index contributed by atoms with van der Waals surface area (Å²) >= 11 is 0. The van der Waals surface area contributed by atoms with Crippen LogP contribution < -0.4 is 25.0 Å². The molecule has 1 aromatic heterocycles. The van der Waals surface area contributed by atoms with Crippen LogP contribution in [0.15, 0.2) is 27.7 Å². The standard InChI is InChI=1S/C20H30N6O3/c1-5-21-20(22-8-6-19-23-14(2)25-29-19)24-15-7-9-26(13-15)16-10-17(27-3)12-18(11-16)28-4/h10-12,15H,5-9,13H2,1-4H3,(H2,21,22,24). The Morgan fingerprint density at radius 3 is 2.66 bits per heavy atom. The van der Waals surface area contributed by atoms with Crippen molar-refractivity contribution < 1.29 is 14.0 Å². The second-order valence-electron chi connectivity index (χ2n) is 6.89. The van der Waals surface area contributed by atoms with Crippen molar-refractivity contribution in [1.29, 1.82) is 0 Å². The highest BCUT2D eigenvalue weighted by Gasteiger charge is 2.24. The van der Waals surface area contributed by atoms with Crippen molar-refractivity contribution in [3.8, 4) is 11.5 Å². The van der Waals surface area contributed by atoms with Crippen LogP contribution >= 0.6 is 0 Å². The van der Waals surface area contributed by atoms with E-state index in [0.29, 0.717) is 30.7 Å². The quantitative estimate of drug-likeness (QED) is 0.509. The fourth-order valence-electron chi connectivity index (χ4n) is 3.31. The van der Waals surface area contributed by atoms with E-state index in [-0.39, 0.29) is 0 Å². The van der Waals surface area contributed by atoms with Crippen LogP contribution in [0.1, 0.15) is 25.1 Å². The Hall–Kier alpha value is -2.97. The van der Waals surface area contributed by atoms with Gasteiger partial charge in [0.25, 0.3) is 0 Å². The molecule has 1 aliphatic heterocycles. The number of aliphatic imine (C=N–C) groups is 1. The summed E-state index contributed by atoms with van der Waals surface area (Å²) < 4.78 is 15.9. The second kappa shape index (κ2) is 9.99. The number of guanidine groups is 1. The lowest BCUT2D eigenvalue weighted by molar-refractivity contribution is 0.376. The highest BCUT2D eigenvalue weighted by atomic mass is 16.5. The molecule has 2 N–H and O–H groups in total. The lowest BCUT2D eigenvalue weighted by atomic mass is 10.2. The molecule has 2 heterocycles. The van der Waals surface area contributed by atoms with Gasteiger partial charge in [-0.1, -0.05) is 5.16 Å². The van der Waals surface area contributed by atoms with Crippen LogP contribution in [-0.4, -0.2) is 62.5 Å². The molecule has 158 valence electrons. The van der Waals surface area contributed by atoms with Crippen molar-refractivity contribution >= 4 is 11.6 Å². The molecule has 2 aromatic rings. The first-order valence-corrected chi connectivity index (χ1v) is 9.93. The van der Waals surface area contributed by atoms with Crippen LogP contribution in [0.3, 0.4) is 0 Å². The Morgan fingerprint density at radius 1 is 1.28 bits per heavy atom. The van der Waals surface area contributed by atoms with Crippen LogP contribution in [0.5, 0.6) is 11.5 Å². The SMILES string of the molecule is CCNC(=NCCc1nc(C)no1)NC1CCN(c2cc(OC)cc(OC)c2)C1.